The van der Waals surface area contributed by atoms with Crippen molar-refractivity contribution in [3.8, 4) is 23.3 Å². The van der Waals surface area contributed by atoms with E-state index >= 15 is 0 Å². The normalized spacial score (nSPS) is 13.0. The first kappa shape index (κ1) is 30.4. The number of anilines is 2. The number of carbonyl (C=O) groups excluding carboxylic acids is 2. The molecule has 1 aliphatic rings. The zero-order valence-corrected chi connectivity index (χ0v) is 25.9. The molecular weight excluding hydrogens is 576 g/mol. The molecule has 0 atom stereocenters. The minimum Gasteiger partial charge on any atom is -0.456 e. The molecule has 9 nitrogen and oxygen atoms in total. The molecule has 0 aliphatic carbocycles. The lowest BCUT2D eigenvalue weighted by Crippen LogP contribution is -2.34. The van der Waals surface area contributed by atoms with Gasteiger partial charge < -0.3 is 25.3 Å². The van der Waals surface area contributed by atoms with Crippen molar-refractivity contribution < 1.29 is 14.3 Å². The summed E-state index contributed by atoms with van der Waals surface area (Å²) < 4.78 is 8.11. The molecule has 0 saturated carbocycles. The Morgan fingerprint density at radius 3 is 2.33 bits per heavy atom. The maximum absolute atomic E-state index is 13.1. The predicted molar refractivity (Wildman–Crippen MR) is 181 cm³/mol. The molecule has 9 heteroatoms. The molecule has 1 saturated heterocycles. The van der Waals surface area contributed by atoms with Crippen LogP contribution in [0, 0.1) is 11.3 Å². The number of urea groups is 1. The summed E-state index contributed by atoms with van der Waals surface area (Å²) in [5.74, 6) is 0.578. The van der Waals surface area contributed by atoms with Gasteiger partial charge in [0.1, 0.15) is 17.6 Å². The van der Waals surface area contributed by atoms with Gasteiger partial charge in [0, 0.05) is 46.8 Å². The third-order valence-corrected chi connectivity index (χ3v) is 7.91. The van der Waals surface area contributed by atoms with Crippen LogP contribution in [0.5, 0.6) is 11.5 Å². The van der Waals surface area contributed by atoms with Crippen molar-refractivity contribution in [2.45, 2.75) is 39.3 Å². The third kappa shape index (κ3) is 7.04. The Kier molecular flexibility index (Phi) is 8.99. The van der Waals surface area contributed by atoms with Gasteiger partial charge in [0.15, 0.2) is 0 Å². The Bertz CT molecular complexity index is 1900. The molecule has 232 valence electrons. The molecule has 0 radical (unpaired) electrons. The van der Waals surface area contributed by atoms with Crippen molar-refractivity contribution in [1.82, 2.24) is 14.8 Å². The minimum atomic E-state index is -0.291. The van der Waals surface area contributed by atoms with Gasteiger partial charge in [-0.05, 0) is 118 Å². The highest BCUT2D eigenvalue weighted by molar-refractivity contribution is 6.04. The van der Waals surface area contributed by atoms with E-state index in [-0.39, 0.29) is 23.5 Å². The monoisotopic (exact) mass is 612 g/mol. The Hall–Kier alpha value is -5.59. The summed E-state index contributed by atoms with van der Waals surface area (Å²) in [5, 5.41) is 19.4. The molecule has 2 heterocycles. The Morgan fingerprint density at radius 2 is 1.61 bits per heavy atom. The summed E-state index contributed by atoms with van der Waals surface area (Å²) in [6, 6.07) is 29.6. The number of carbonyl (C=O) groups is 2. The Morgan fingerprint density at radius 1 is 0.891 bits per heavy atom. The molecule has 6 rings (SSSR count). The fourth-order valence-corrected chi connectivity index (χ4v) is 5.69. The first-order valence-electron chi connectivity index (χ1n) is 15.5. The number of rotatable bonds is 9. The van der Waals surface area contributed by atoms with Crippen molar-refractivity contribution >= 4 is 34.2 Å². The van der Waals surface area contributed by atoms with E-state index in [4.69, 9.17) is 4.74 Å². The first-order valence-corrected chi connectivity index (χ1v) is 15.5. The fourth-order valence-electron chi connectivity index (χ4n) is 5.69. The molecule has 3 N–H and O–H groups in total. The minimum absolute atomic E-state index is 0.0227. The van der Waals surface area contributed by atoms with Crippen molar-refractivity contribution in [2.75, 3.05) is 23.7 Å². The second-order valence-corrected chi connectivity index (χ2v) is 11.7. The van der Waals surface area contributed by atoms with Gasteiger partial charge >= 0.3 is 6.03 Å². The van der Waals surface area contributed by atoms with Crippen molar-refractivity contribution in [1.29, 1.82) is 5.26 Å². The van der Waals surface area contributed by atoms with Crippen LogP contribution in [0.4, 0.5) is 16.2 Å². The molecule has 4 aromatic carbocycles. The summed E-state index contributed by atoms with van der Waals surface area (Å²) >= 11 is 0. The number of hydrogen-bond acceptors (Lipinski definition) is 5. The van der Waals surface area contributed by atoms with Crippen LogP contribution in [-0.2, 0) is 6.54 Å². The van der Waals surface area contributed by atoms with Crippen LogP contribution < -0.4 is 20.7 Å². The van der Waals surface area contributed by atoms with Crippen molar-refractivity contribution in [3.05, 3.63) is 114 Å². The highest BCUT2D eigenvalue weighted by Gasteiger charge is 2.17. The number of para-hydroxylation sites is 1. The van der Waals surface area contributed by atoms with E-state index in [1.165, 1.54) is 23.8 Å². The molecule has 1 aromatic heterocycles. The number of hydrogen-bond donors (Lipinski definition) is 3. The smallest absolute Gasteiger partial charge is 0.319 e. The van der Waals surface area contributed by atoms with Crippen LogP contribution in [0.25, 0.3) is 16.6 Å². The van der Waals surface area contributed by atoms with E-state index in [9.17, 15) is 14.9 Å². The molecule has 1 aliphatic heterocycles. The average Bonchev–Trinajstić information content (AvgIpc) is 3.71. The summed E-state index contributed by atoms with van der Waals surface area (Å²) in [4.78, 5) is 27.6. The number of ether oxygens (including phenoxy) is 1. The van der Waals surface area contributed by atoms with Crippen LogP contribution >= 0.6 is 0 Å². The third-order valence-electron chi connectivity index (χ3n) is 7.91. The van der Waals surface area contributed by atoms with E-state index in [1.807, 2.05) is 38.1 Å². The second-order valence-electron chi connectivity index (χ2n) is 11.7. The quantitative estimate of drug-likeness (QED) is 0.158. The Balaban J connectivity index is 1.12. The van der Waals surface area contributed by atoms with Gasteiger partial charge in [-0.2, -0.15) is 5.26 Å². The van der Waals surface area contributed by atoms with E-state index in [1.54, 1.807) is 42.5 Å². The van der Waals surface area contributed by atoms with Gasteiger partial charge in [-0.15, -0.1) is 0 Å². The summed E-state index contributed by atoms with van der Waals surface area (Å²) in [5.41, 5.74) is 5.30. The zero-order chi connectivity index (χ0) is 32.0. The molecule has 5 aromatic rings. The van der Waals surface area contributed by atoms with Crippen molar-refractivity contribution in [2.24, 2.45) is 0 Å². The zero-order valence-electron chi connectivity index (χ0n) is 25.9. The standard InChI is InChI=1S/C37H36N6O3/c1-25(2)39-37(45)41-29-11-16-32(17-12-29)46-35-18-13-30(21-27(35)22-38)40-36(44)26-9-14-31(15-10-26)43-24-28(23-42-19-5-6-20-42)33-7-3-4-8-34(33)43/h3-4,7-18,21,24-25H,5-6,19-20,23H2,1-2H3,(H,40,44)(H2,39,41,45). The number of amides is 3. The SMILES string of the molecule is CC(C)NC(=O)Nc1ccc(Oc2ccc(NC(=O)c3ccc(-n4cc(CN5CCCC5)c5ccccc54)cc3)cc2C#N)cc1. The van der Waals surface area contributed by atoms with Crippen LogP contribution in [0.3, 0.4) is 0 Å². The van der Waals surface area contributed by atoms with Crippen LogP contribution in [-0.4, -0.2) is 40.5 Å². The van der Waals surface area contributed by atoms with Gasteiger partial charge in [0.05, 0.1) is 11.1 Å². The molecule has 0 unspecified atom stereocenters. The van der Waals surface area contributed by atoms with Crippen LogP contribution in [0.15, 0.2) is 97.2 Å². The van der Waals surface area contributed by atoms with Crippen LogP contribution in [0.2, 0.25) is 0 Å². The maximum Gasteiger partial charge on any atom is 0.319 e. The molecular formula is C37H36N6O3. The predicted octanol–water partition coefficient (Wildman–Crippen LogP) is 7.67. The van der Waals surface area contributed by atoms with Gasteiger partial charge in [0.25, 0.3) is 5.91 Å². The van der Waals surface area contributed by atoms with E-state index in [0.717, 1.165) is 30.8 Å². The first-order chi connectivity index (χ1) is 22.4. The highest BCUT2D eigenvalue weighted by atomic mass is 16.5. The molecule has 0 spiro atoms. The summed E-state index contributed by atoms with van der Waals surface area (Å²) in [6.45, 7) is 6.98. The van der Waals surface area contributed by atoms with E-state index in [0.29, 0.717) is 28.4 Å². The largest absolute Gasteiger partial charge is 0.456 e. The number of likely N-dealkylation sites (tertiary alicyclic amines) is 1. The number of fused-ring (bicyclic) bond motifs is 1. The lowest BCUT2D eigenvalue weighted by Gasteiger charge is -2.13. The topological polar surface area (TPSA) is 111 Å². The second kappa shape index (κ2) is 13.6. The lowest BCUT2D eigenvalue weighted by atomic mass is 10.1. The number of nitrogens with one attached hydrogen (secondary N) is 3. The summed E-state index contributed by atoms with van der Waals surface area (Å²) in [7, 11) is 0. The van der Waals surface area contributed by atoms with E-state index < -0.39 is 0 Å². The van der Waals surface area contributed by atoms with Gasteiger partial charge in [-0.1, -0.05) is 18.2 Å². The fraction of sp³-hybridized carbons (Fsp3) is 0.216. The van der Waals surface area contributed by atoms with Crippen LogP contribution in [0.1, 0.15) is 48.2 Å². The van der Waals surface area contributed by atoms with Gasteiger partial charge in [-0.3, -0.25) is 9.69 Å². The maximum atomic E-state index is 13.1. The number of nitrogens with zero attached hydrogens (tertiary/aromatic N) is 3. The van der Waals surface area contributed by atoms with Gasteiger partial charge in [0.2, 0.25) is 0 Å². The average molecular weight is 613 g/mol. The Labute approximate surface area is 268 Å². The number of aromatic nitrogens is 1. The molecule has 3 amide bonds. The molecule has 46 heavy (non-hydrogen) atoms. The van der Waals surface area contributed by atoms with Gasteiger partial charge in [-0.25, -0.2) is 4.79 Å². The molecule has 0 bridgehead atoms. The number of nitriles is 1. The number of benzene rings is 4. The summed E-state index contributed by atoms with van der Waals surface area (Å²) in [6.07, 6.45) is 4.72. The van der Waals surface area contributed by atoms with Crippen molar-refractivity contribution in [3.63, 3.8) is 0 Å². The molecule has 1 fully saturated rings. The lowest BCUT2D eigenvalue weighted by molar-refractivity contribution is 0.102. The highest BCUT2D eigenvalue weighted by Crippen LogP contribution is 2.30. The van der Waals surface area contributed by atoms with E-state index in [2.05, 4.69) is 61.9 Å².